The van der Waals surface area contributed by atoms with Gasteiger partial charge in [-0.15, -0.1) is 0 Å². The molecular formula is C10H20BrN3O4. The Kier molecular flexibility index (Phi) is 16.3. The van der Waals surface area contributed by atoms with Gasteiger partial charge in [0.2, 0.25) is 0 Å². The van der Waals surface area contributed by atoms with Crippen LogP contribution in [0.1, 0.15) is 0 Å². The first-order chi connectivity index (χ1) is 8.91. The molecule has 106 valence electrons. The maximum Gasteiger partial charge on any atom is 0.0701 e. The molecule has 0 fully saturated rings. The summed E-state index contributed by atoms with van der Waals surface area (Å²) in [5.41, 5.74) is 8.01. The molecule has 0 spiro atoms. The summed E-state index contributed by atoms with van der Waals surface area (Å²) in [5.74, 6) is 0. The Morgan fingerprint density at radius 1 is 0.778 bits per heavy atom. The van der Waals surface area contributed by atoms with Crippen LogP contribution in [-0.4, -0.2) is 64.7 Å². The van der Waals surface area contributed by atoms with Gasteiger partial charge in [0, 0.05) is 16.8 Å². The predicted octanol–water partition coefficient (Wildman–Crippen LogP) is 1.76. The van der Waals surface area contributed by atoms with Crippen LogP contribution in [0.2, 0.25) is 0 Å². The molecule has 0 N–H and O–H groups in total. The van der Waals surface area contributed by atoms with Crippen molar-refractivity contribution in [2.45, 2.75) is 0 Å². The van der Waals surface area contributed by atoms with E-state index < -0.39 is 0 Å². The van der Waals surface area contributed by atoms with Gasteiger partial charge in [0.05, 0.1) is 52.9 Å². The summed E-state index contributed by atoms with van der Waals surface area (Å²) in [6.07, 6.45) is 0. The van der Waals surface area contributed by atoms with E-state index in [2.05, 4.69) is 26.0 Å². The molecule has 0 aliphatic heterocycles. The fourth-order valence-electron chi connectivity index (χ4n) is 0.966. The van der Waals surface area contributed by atoms with Crippen LogP contribution < -0.4 is 0 Å². The summed E-state index contributed by atoms with van der Waals surface area (Å²) in [5, 5.41) is 4.18. The number of nitrogens with zero attached hydrogens (tertiary/aromatic N) is 3. The van der Waals surface area contributed by atoms with Gasteiger partial charge in [-0.05, 0) is 5.53 Å². The highest BCUT2D eigenvalue weighted by Gasteiger charge is 1.92. The summed E-state index contributed by atoms with van der Waals surface area (Å²) in [7, 11) is 0. The molecular weight excluding hydrogens is 306 g/mol. The van der Waals surface area contributed by atoms with Crippen molar-refractivity contribution in [1.29, 1.82) is 0 Å². The minimum Gasteiger partial charge on any atom is -0.379 e. The summed E-state index contributed by atoms with van der Waals surface area (Å²) in [4.78, 5) is 2.61. The van der Waals surface area contributed by atoms with Gasteiger partial charge in [0.15, 0.2) is 0 Å². The number of ether oxygens (including phenoxy) is 4. The fourth-order valence-corrected chi connectivity index (χ4v) is 1.20. The van der Waals surface area contributed by atoms with Crippen LogP contribution in [-0.2, 0) is 18.9 Å². The Morgan fingerprint density at radius 3 is 1.67 bits per heavy atom. The Balaban J connectivity index is 2.92. The summed E-state index contributed by atoms with van der Waals surface area (Å²) >= 11 is 3.27. The second-order valence-corrected chi connectivity index (χ2v) is 3.89. The normalized spacial score (nSPS) is 10.3. The van der Waals surface area contributed by atoms with E-state index in [0.717, 1.165) is 5.33 Å². The molecule has 0 atom stereocenters. The monoisotopic (exact) mass is 325 g/mol. The Labute approximate surface area is 115 Å². The molecule has 0 bridgehead atoms. The third kappa shape index (κ3) is 15.6. The molecule has 0 aromatic heterocycles. The topological polar surface area (TPSA) is 85.7 Å². The van der Waals surface area contributed by atoms with E-state index in [4.69, 9.17) is 24.5 Å². The van der Waals surface area contributed by atoms with Gasteiger partial charge in [0.1, 0.15) is 0 Å². The molecule has 0 aromatic carbocycles. The molecule has 0 heterocycles. The minimum absolute atomic E-state index is 0.355. The average Bonchev–Trinajstić information content (AvgIpc) is 2.39. The second-order valence-electron chi connectivity index (χ2n) is 3.09. The summed E-state index contributed by atoms with van der Waals surface area (Å²) < 4.78 is 20.9. The lowest BCUT2D eigenvalue weighted by molar-refractivity contribution is 0.000708. The van der Waals surface area contributed by atoms with Crippen molar-refractivity contribution in [2.75, 3.05) is 64.7 Å². The van der Waals surface area contributed by atoms with E-state index in [1.54, 1.807) is 0 Å². The first-order valence-electron chi connectivity index (χ1n) is 5.79. The Morgan fingerprint density at radius 2 is 1.22 bits per heavy atom. The molecule has 8 heteroatoms. The molecule has 7 nitrogen and oxygen atoms in total. The molecule has 0 aliphatic carbocycles. The standard InChI is InChI=1S/C10H20BrN3O4/c11-1-3-15-5-7-17-9-10-18-8-6-16-4-2-13-14-12/h1-10H2. The zero-order valence-corrected chi connectivity index (χ0v) is 12.0. The molecule has 0 amide bonds. The third-order valence-corrected chi connectivity index (χ3v) is 2.06. The van der Waals surface area contributed by atoms with Gasteiger partial charge in [0.25, 0.3) is 0 Å². The molecule has 0 unspecified atom stereocenters. The number of rotatable bonds is 14. The lowest BCUT2D eigenvalue weighted by Crippen LogP contribution is -2.12. The van der Waals surface area contributed by atoms with Crippen LogP contribution in [0.5, 0.6) is 0 Å². The van der Waals surface area contributed by atoms with Crippen LogP contribution in [0, 0.1) is 0 Å². The quantitative estimate of drug-likeness (QED) is 0.160. The lowest BCUT2D eigenvalue weighted by atomic mass is 10.7. The largest absolute Gasteiger partial charge is 0.379 e. The number of hydrogen-bond donors (Lipinski definition) is 0. The van der Waals surface area contributed by atoms with E-state index >= 15 is 0 Å². The second kappa shape index (κ2) is 16.6. The average molecular weight is 326 g/mol. The van der Waals surface area contributed by atoms with E-state index in [-0.39, 0.29) is 0 Å². The highest BCUT2D eigenvalue weighted by molar-refractivity contribution is 9.09. The first kappa shape index (κ1) is 17.6. The summed E-state index contributed by atoms with van der Waals surface area (Å²) in [6.45, 7) is 4.77. The first-order valence-corrected chi connectivity index (χ1v) is 6.91. The van der Waals surface area contributed by atoms with Gasteiger partial charge in [-0.1, -0.05) is 21.0 Å². The Hall–Kier alpha value is -0.370. The van der Waals surface area contributed by atoms with Gasteiger partial charge in [-0.25, -0.2) is 0 Å². The third-order valence-electron chi connectivity index (χ3n) is 1.74. The molecule has 0 rings (SSSR count). The summed E-state index contributed by atoms with van der Waals surface area (Å²) in [6, 6.07) is 0. The maximum atomic E-state index is 8.01. The maximum absolute atomic E-state index is 8.01. The van der Waals surface area contributed by atoms with Crippen molar-refractivity contribution in [3.8, 4) is 0 Å². The van der Waals surface area contributed by atoms with Crippen molar-refractivity contribution in [1.82, 2.24) is 0 Å². The van der Waals surface area contributed by atoms with Crippen LogP contribution in [0.15, 0.2) is 5.11 Å². The number of halogens is 1. The van der Waals surface area contributed by atoms with Crippen molar-refractivity contribution in [2.24, 2.45) is 5.11 Å². The van der Waals surface area contributed by atoms with E-state index in [9.17, 15) is 0 Å². The van der Waals surface area contributed by atoms with E-state index in [1.807, 2.05) is 0 Å². The molecule has 0 aromatic rings. The van der Waals surface area contributed by atoms with Gasteiger partial charge >= 0.3 is 0 Å². The molecule has 18 heavy (non-hydrogen) atoms. The smallest absolute Gasteiger partial charge is 0.0701 e. The SMILES string of the molecule is [N-]=[N+]=NCCOCCOCCOCCOCCBr. The van der Waals surface area contributed by atoms with Crippen LogP contribution >= 0.6 is 15.9 Å². The molecule has 0 aliphatic rings. The predicted molar refractivity (Wildman–Crippen MR) is 71.1 cm³/mol. The lowest BCUT2D eigenvalue weighted by Gasteiger charge is -2.06. The number of alkyl halides is 1. The van der Waals surface area contributed by atoms with Gasteiger partial charge in [-0.2, -0.15) is 0 Å². The Bertz CT molecular complexity index is 215. The van der Waals surface area contributed by atoms with Crippen molar-refractivity contribution < 1.29 is 18.9 Å². The molecule has 0 radical (unpaired) electrons. The highest BCUT2D eigenvalue weighted by atomic mass is 79.9. The molecule has 0 saturated heterocycles. The van der Waals surface area contributed by atoms with Gasteiger partial charge in [-0.3, -0.25) is 0 Å². The zero-order chi connectivity index (χ0) is 13.3. The van der Waals surface area contributed by atoms with Gasteiger partial charge < -0.3 is 18.9 Å². The van der Waals surface area contributed by atoms with Crippen LogP contribution in [0.25, 0.3) is 10.4 Å². The van der Waals surface area contributed by atoms with Crippen molar-refractivity contribution >= 4 is 15.9 Å². The van der Waals surface area contributed by atoms with Crippen molar-refractivity contribution in [3.05, 3.63) is 10.4 Å². The fraction of sp³-hybridized carbons (Fsp3) is 1.00. The number of azide groups is 1. The highest BCUT2D eigenvalue weighted by Crippen LogP contribution is 1.84. The molecule has 0 saturated carbocycles. The van der Waals surface area contributed by atoms with E-state index in [1.165, 1.54) is 0 Å². The van der Waals surface area contributed by atoms with E-state index in [0.29, 0.717) is 59.4 Å². The zero-order valence-electron chi connectivity index (χ0n) is 10.4. The van der Waals surface area contributed by atoms with Crippen LogP contribution in [0.4, 0.5) is 0 Å². The van der Waals surface area contributed by atoms with Crippen molar-refractivity contribution in [3.63, 3.8) is 0 Å². The number of hydrogen-bond acceptors (Lipinski definition) is 5. The van der Waals surface area contributed by atoms with Crippen LogP contribution in [0.3, 0.4) is 0 Å². The minimum atomic E-state index is 0.355.